The Morgan fingerprint density at radius 3 is 2.86 bits per heavy atom. The molecule has 1 N–H and O–H groups in total. The highest BCUT2D eigenvalue weighted by Gasteiger charge is 2.34. The van der Waals surface area contributed by atoms with Crippen LogP contribution in [0.15, 0.2) is 24.3 Å². The van der Waals surface area contributed by atoms with E-state index >= 15 is 0 Å². The van der Waals surface area contributed by atoms with Crippen LogP contribution >= 0.6 is 24.0 Å². The molecule has 1 aromatic carbocycles. The van der Waals surface area contributed by atoms with Crippen LogP contribution in [-0.2, 0) is 9.53 Å². The molecular formula is C16H22Cl2N2O2. The van der Waals surface area contributed by atoms with Gasteiger partial charge in [0.1, 0.15) is 6.10 Å². The molecule has 3 rings (SSSR count). The molecule has 2 atom stereocenters. The van der Waals surface area contributed by atoms with Gasteiger partial charge in [0.2, 0.25) is 0 Å². The molecule has 2 aliphatic heterocycles. The fourth-order valence-electron chi connectivity index (χ4n) is 3.11. The summed E-state index contributed by atoms with van der Waals surface area (Å²) in [5.74, 6) is 0.112. The molecule has 1 aromatic rings. The minimum atomic E-state index is -0.276. The van der Waals surface area contributed by atoms with Crippen molar-refractivity contribution in [3.8, 4) is 0 Å². The second-order valence-electron chi connectivity index (χ2n) is 5.63. The SMILES string of the molecule is Cl.O=C(C1CCCCO1)N1CCNCC1c1ccccc1Cl. The lowest BCUT2D eigenvalue weighted by atomic mass is 10.0. The van der Waals surface area contributed by atoms with E-state index in [2.05, 4.69) is 5.32 Å². The molecule has 1 amide bonds. The van der Waals surface area contributed by atoms with Crippen LogP contribution in [0, 0.1) is 0 Å². The molecule has 0 aromatic heterocycles. The van der Waals surface area contributed by atoms with Gasteiger partial charge >= 0.3 is 0 Å². The molecule has 2 heterocycles. The van der Waals surface area contributed by atoms with Crippen LogP contribution < -0.4 is 5.32 Å². The highest BCUT2D eigenvalue weighted by atomic mass is 35.5. The number of carbonyl (C=O) groups is 1. The number of ether oxygens (including phenoxy) is 1. The van der Waals surface area contributed by atoms with Gasteiger partial charge in [-0.25, -0.2) is 0 Å². The van der Waals surface area contributed by atoms with Crippen molar-refractivity contribution < 1.29 is 9.53 Å². The maximum atomic E-state index is 12.8. The van der Waals surface area contributed by atoms with Crippen molar-refractivity contribution in [3.05, 3.63) is 34.9 Å². The summed E-state index contributed by atoms with van der Waals surface area (Å²) in [6, 6.07) is 7.76. The van der Waals surface area contributed by atoms with Gasteiger partial charge in [0, 0.05) is 31.3 Å². The number of carbonyl (C=O) groups excluding carboxylic acids is 1. The average Bonchev–Trinajstić information content (AvgIpc) is 2.55. The van der Waals surface area contributed by atoms with E-state index in [4.69, 9.17) is 16.3 Å². The van der Waals surface area contributed by atoms with Crippen LogP contribution in [0.5, 0.6) is 0 Å². The second-order valence-corrected chi connectivity index (χ2v) is 6.04. The highest BCUT2D eigenvalue weighted by molar-refractivity contribution is 6.31. The molecular weight excluding hydrogens is 323 g/mol. The van der Waals surface area contributed by atoms with Gasteiger partial charge in [-0.2, -0.15) is 0 Å². The first-order valence-corrected chi connectivity index (χ1v) is 8.02. The van der Waals surface area contributed by atoms with Gasteiger partial charge in [-0.1, -0.05) is 29.8 Å². The number of piperazine rings is 1. The zero-order chi connectivity index (χ0) is 14.7. The van der Waals surface area contributed by atoms with Crippen LogP contribution in [0.1, 0.15) is 30.9 Å². The van der Waals surface area contributed by atoms with Gasteiger partial charge in [0.05, 0.1) is 6.04 Å². The first-order valence-electron chi connectivity index (χ1n) is 7.64. The Labute approximate surface area is 142 Å². The predicted molar refractivity (Wildman–Crippen MR) is 89.6 cm³/mol. The number of halogens is 2. The van der Waals surface area contributed by atoms with Crippen molar-refractivity contribution in [3.63, 3.8) is 0 Å². The van der Waals surface area contributed by atoms with Gasteiger partial charge in [0.15, 0.2) is 0 Å². The minimum Gasteiger partial charge on any atom is -0.368 e. The topological polar surface area (TPSA) is 41.6 Å². The van der Waals surface area contributed by atoms with Gasteiger partial charge in [-0.15, -0.1) is 12.4 Å². The Hall–Kier alpha value is -0.810. The monoisotopic (exact) mass is 344 g/mol. The summed E-state index contributed by atoms with van der Waals surface area (Å²) in [5, 5.41) is 4.07. The van der Waals surface area contributed by atoms with Crippen molar-refractivity contribution in [2.45, 2.75) is 31.4 Å². The van der Waals surface area contributed by atoms with Crippen molar-refractivity contribution in [2.24, 2.45) is 0 Å². The third kappa shape index (κ3) is 3.74. The van der Waals surface area contributed by atoms with E-state index in [1.165, 1.54) is 0 Å². The summed E-state index contributed by atoms with van der Waals surface area (Å²) in [7, 11) is 0. The number of hydrogen-bond donors (Lipinski definition) is 1. The number of nitrogens with zero attached hydrogens (tertiary/aromatic N) is 1. The number of rotatable bonds is 2. The Balaban J connectivity index is 0.00000176. The van der Waals surface area contributed by atoms with Gasteiger partial charge in [0.25, 0.3) is 5.91 Å². The lowest BCUT2D eigenvalue weighted by molar-refractivity contribution is -0.150. The van der Waals surface area contributed by atoms with E-state index in [1.54, 1.807) is 0 Å². The molecule has 0 radical (unpaired) electrons. The molecule has 4 nitrogen and oxygen atoms in total. The molecule has 2 fully saturated rings. The smallest absolute Gasteiger partial charge is 0.252 e. The molecule has 2 aliphatic rings. The molecule has 0 bridgehead atoms. The van der Waals surface area contributed by atoms with Crippen molar-refractivity contribution in [2.75, 3.05) is 26.2 Å². The minimum absolute atomic E-state index is 0. The van der Waals surface area contributed by atoms with E-state index in [0.29, 0.717) is 18.2 Å². The molecule has 0 spiro atoms. The summed E-state index contributed by atoms with van der Waals surface area (Å²) in [6.07, 6.45) is 2.68. The molecule has 2 unspecified atom stereocenters. The summed E-state index contributed by atoms with van der Waals surface area (Å²) < 4.78 is 5.66. The van der Waals surface area contributed by atoms with E-state index in [0.717, 1.165) is 37.9 Å². The van der Waals surface area contributed by atoms with E-state index in [-0.39, 0.29) is 30.5 Å². The number of amides is 1. The molecule has 0 saturated carbocycles. The van der Waals surface area contributed by atoms with Gasteiger partial charge in [-0.3, -0.25) is 4.79 Å². The largest absolute Gasteiger partial charge is 0.368 e. The van der Waals surface area contributed by atoms with Gasteiger partial charge in [-0.05, 0) is 30.9 Å². The lowest BCUT2D eigenvalue weighted by Crippen LogP contribution is -2.52. The third-order valence-corrected chi connectivity index (χ3v) is 4.59. The Morgan fingerprint density at radius 2 is 2.14 bits per heavy atom. The third-order valence-electron chi connectivity index (χ3n) is 4.25. The number of benzene rings is 1. The average molecular weight is 345 g/mol. The Morgan fingerprint density at radius 1 is 1.32 bits per heavy atom. The summed E-state index contributed by atoms with van der Waals surface area (Å²) >= 11 is 6.32. The van der Waals surface area contributed by atoms with Gasteiger partial charge < -0.3 is 15.0 Å². The van der Waals surface area contributed by atoms with E-state index in [9.17, 15) is 4.79 Å². The number of hydrogen-bond acceptors (Lipinski definition) is 3. The second kappa shape index (κ2) is 8.16. The van der Waals surface area contributed by atoms with Crippen LogP contribution in [0.25, 0.3) is 0 Å². The predicted octanol–water partition coefficient (Wildman–Crippen LogP) is 2.80. The fourth-order valence-corrected chi connectivity index (χ4v) is 3.37. The van der Waals surface area contributed by atoms with Crippen molar-refractivity contribution >= 4 is 29.9 Å². The standard InChI is InChI=1S/C16H21ClN2O2.ClH/c17-13-6-2-1-5-12(13)14-11-18-8-9-19(14)16(20)15-7-3-4-10-21-15;/h1-2,5-6,14-15,18H,3-4,7-11H2;1H. The van der Waals surface area contributed by atoms with Crippen LogP contribution in [0.2, 0.25) is 5.02 Å². The quantitative estimate of drug-likeness (QED) is 0.896. The zero-order valence-corrected chi connectivity index (χ0v) is 14.0. The first kappa shape index (κ1) is 17.5. The van der Waals surface area contributed by atoms with Crippen LogP contribution in [0.4, 0.5) is 0 Å². The normalized spacial score (nSPS) is 25.4. The molecule has 122 valence electrons. The Bertz CT molecular complexity index is 507. The molecule has 0 aliphatic carbocycles. The van der Waals surface area contributed by atoms with E-state index in [1.807, 2.05) is 29.2 Å². The van der Waals surface area contributed by atoms with E-state index < -0.39 is 0 Å². The maximum absolute atomic E-state index is 12.8. The molecule has 22 heavy (non-hydrogen) atoms. The maximum Gasteiger partial charge on any atom is 0.252 e. The number of nitrogens with one attached hydrogen (secondary N) is 1. The molecule has 6 heteroatoms. The van der Waals surface area contributed by atoms with Crippen LogP contribution in [0.3, 0.4) is 0 Å². The summed E-state index contributed by atoms with van der Waals surface area (Å²) in [4.78, 5) is 14.7. The Kier molecular flexibility index (Phi) is 6.50. The fraction of sp³-hybridized carbons (Fsp3) is 0.562. The highest BCUT2D eigenvalue weighted by Crippen LogP contribution is 2.30. The zero-order valence-electron chi connectivity index (χ0n) is 12.5. The van der Waals surface area contributed by atoms with Crippen LogP contribution in [-0.4, -0.2) is 43.2 Å². The summed E-state index contributed by atoms with van der Waals surface area (Å²) in [6.45, 7) is 2.95. The molecule has 2 saturated heterocycles. The van der Waals surface area contributed by atoms with Crippen molar-refractivity contribution in [1.29, 1.82) is 0 Å². The summed E-state index contributed by atoms with van der Waals surface area (Å²) in [5.41, 5.74) is 1.01. The van der Waals surface area contributed by atoms with Crippen molar-refractivity contribution in [1.82, 2.24) is 10.2 Å². The lowest BCUT2D eigenvalue weighted by Gasteiger charge is -2.39. The first-order chi connectivity index (χ1) is 10.3.